The molecule has 0 aromatic carbocycles. The Balaban J connectivity index is 1.90. The molecule has 0 unspecified atom stereocenters. The molecule has 2 rings (SSSR count). The van der Waals surface area contributed by atoms with E-state index < -0.39 is 0 Å². The van der Waals surface area contributed by atoms with E-state index in [0.29, 0.717) is 6.54 Å². The van der Waals surface area contributed by atoms with Gasteiger partial charge in [0.2, 0.25) is 0 Å². The van der Waals surface area contributed by atoms with Gasteiger partial charge in [-0.25, -0.2) is 0 Å². The van der Waals surface area contributed by atoms with E-state index in [1.54, 1.807) is 11.3 Å². The van der Waals surface area contributed by atoms with Gasteiger partial charge >= 0.3 is 0 Å². The number of nitrogens with zero attached hydrogens (tertiary/aromatic N) is 2. The van der Waals surface area contributed by atoms with Crippen molar-refractivity contribution in [2.45, 2.75) is 19.8 Å². The highest BCUT2D eigenvalue weighted by Crippen LogP contribution is 2.18. The van der Waals surface area contributed by atoms with Crippen molar-refractivity contribution in [3.63, 3.8) is 0 Å². The van der Waals surface area contributed by atoms with Crippen molar-refractivity contribution in [2.75, 3.05) is 39.8 Å². The number of ketones is 1. The van der Waals surface area contributed by atoms with Crippen LogP contribution in [-0.2, 0) is 6.42 Å². The fourth-order valence-corrected chi connectivity index (χ4v) is 3.13. The van der Waals surface area contributed by atoms with Crippen molar-refractivity contribution in [2.24, 2.45) is 0 Å². The first-order valence-corrected chi connectivity index (χ1v) is 7.53. The molecule has 4 heteroatoms. The first-order valence-electron chi connectivity index (χ1n) is 6.72. The van der Waals surface area contributed by atoms with Crippen molar-refractivity contribution in [1.29, 1.82) is 0 Å². The van der Waals surface area contributed by atoms with Gasteiger partial charge in [0.05, 0.1) is 11.4 Å². The number of carbonyl (C=O) groups is 1. The van der Waals surface area contributed by atoms with Crippen LogP contribution in [0.25, 0.3) is 0 Å². The minimum absolute atomic E-state index is 0.282. The van der Waals surface area contributed by atoms with E-state index in [1.165, 1.54) is 4.88 Å². The number of thiophene rings is 1. The second kappa shape index (κ2) is 6.45. The molecule has 0 bridgehead atoms. The summed E-state index contributed by atoms with van der Waals surface area (Å²) in [5.74, 6) is 0.282. The zero-order valence-corrected chi connectivity index (χ0v) is 12.1. The molecule has 0 N–H and O–H groups in total. The second-order valence-electron chi connectivity index (χ2n) is 4.98. The summed E-state index contributed by atoms with van der Waals surface area (Å²) in [5.41, 5.74) is 0. The van der Waals surface area contributed by atoms with E-state index in [1.807, 2.05) is 6.07 Å². The highest BCUT2D eigenvalue weighted by Gasteiger charge is 2.17. The maximum Gasteiger partial charge on any atom is 0.186 e. The lowest BCUT2D eigenvalue weighted by Gasteiger charge is -2.18. The summed E-state index contributed by atoms with van der Waals surface area (Å²) in [5, 5.41) is 0. The molecule has 3 nitrogen and oxygen atoms in total. The summed E-state index contributed by atoms with van der Waals surface area (Å²) in [6.45, 7) is 6.97. The topological polar surface area (TPSA) is 23.6 Å². The van der Waals surface area contributed by atoms with E-state index in [4.69, 9.17) is 0 Å². The molecule has 0 aliphatic carbocycles. The van der Waals surface area contributed by atoms with Crippen LogP contribution >= 0.6 is 11.3 Å². The summed E-state index contributed by atoms with van der Waals surface area (Å²) in [7, 11) is 2.15. The molecule has 0 saturated carbocycles. The number of hydrogen-bond donors (Lipinski definition) is 0. The maximum absolute atomic E-state index is 12.2. The fraction of sp³-hybridized carbons (Fsp3) is 0.643. The third kappa shape index (κ3) is 3.64. The van der Waals surface area contributed by atoms with E-state index in [2.05, 4.69) is 29.8 Å². The van der Waals surface area contributed by atoms with Gasteiger partial charge < -0.3 is 4.90 Å². The van der Waals surface area contributed by atoms with Gasteiger partial charge in [-0.05, 0) is 45.1 Å². The van der Waals surface area contributed by atoms with E-state index in [9.17, 15) is 4.79 Å². The summed E-state index contributed by atoms with van der Waals surface area (Å²) in [6, 6.07) is 4.06. The number of aryl methyl sites for hydroxylation is 1. The Morgan fingerprint density at radius 2 is 2.11 bits per heavy atom. The molecule has 1 aliphatic heterocycles. The van der Waals surface area contributed by atoms with Crippen LogP contribution in [0.5, 0.6) is 0 Å². The lowest BCUT2D eigenvalue weighted by atomic mass is 10.2. The highest BCUT2D eigenvalue weighted by atomic mass is 32.1. The summed E-state index contributed by atoms with van der Waals surface area (Å²) in [6.07, 6.45) is 2.18. The van der Waals surface area contributed by atoms with Gasteiger partial charge in [-0.15, -0.1) is 11.3 Å². The Morgan fingerprint density at radius 3 is 2.83 bits per heavy atom. The number of rotatable bonds is 4. The fourth-order valence-electron chi connectivity index (χ4n) is 2.26. The number of likely N-dealkylation sites (N-methyl/N-ethyl adjacent to an activating group) is 1. The number of hydrogen-bond acceptors (Lipinski definition) is 4. The Labute approximate surface area is 113 Å². The molecule has 1 aromatic heterocycles. The average molecular weight is 266 g/mol. The molecule has 1 saturated heterocycles. The molecule has 1 fully saturated rings. The van der Waals surface area contributed by atoms with Crippen LogP contribution in [-0.4, -0.2) is 55.4 Å². The average Bonchev–Trinajstić information content (AvgIpc) is 2.76. The third-order valence-electron chi connectivity index (χ3n) is 3.46. The molecular weight excluding hydrogens is 244 g/mol. The van der Waals surface area contributed by atoms with Crippen LogP contribution in [0.4, 0.5) is 0 Å². The molecule has 1 aliphatic rings. The standard InChI is InChI=1S/C14H22N2OS/c1-3-12-5-6-14(18-12)13(17)11-16-8-4-7-15(2)9-10-16/h5-6H,3-4,7-11H2,1-2H3. The molecule has 18 heavy (non-hydrogen) atoms. The van der Waals surface area contributed by atoms with Gasteiger partial charge in [0.25, 0.3) is 0 Å². The van der Waals surface area contributed by atoms with Crippen molar-refractivity contribution in [1.82, 2.24) is 9.80 Å². The molecule has 1 aromatic rings. The van der Waals surface area contributed by atoms with Gasteiger partial charge in [-0.3, -0.25) is 9.69 Å². The van der Waals surface area contributed by atoms with Crippen molar-refractivity contribution in [3.8, 4) is 0 Å². The Morgan fingerprint density at radius 1 is 1.28 bits per heavy atom. The zero-order valence-electron chi connectivity index (χ0n) is 11.3. The van der Waals surface area contributed by atoms with Crippen LogP contribution in [0.3, 0.4) is 0 Å². The molecule has 0 spiro atoms. The predicted octanol–water partition coefficient (Wildman–Crippen LogP) is 2.13. The molecule has 0 radical (unpaired) electrons. The normalized spacial score (nSPS) is 18.8. The predicted molar refractivity (Wildman–Crippen MR) is 76.6 cm³/mol. The van der Waals surface area contributed by atoms with Crippen LogP contribution in [0, 0.1) is 0 Å². The van der Waals surface area contributed by atoms with Crippen molar-refractivity contribution < 1.29 is 4.79 Å². The van der Waals surface area contributed by atoms with Crippen LogP contribution < -0.4 is 0 Å². The first kappa shape index (κ1) is 13.7. The summed E-state index contributed by atoms with van der Waals surface area (Å²) in [4.78, 5) is 19.0. The zero-order chi connectivity index (χ0) is 13.0. The largest absolute Gasteiger partial charge is 0.305 e. The lowest BCUT2D eigenvalue weighted by molar-refractivity contribution is 0.0937. The van der Waals surface area contributed by atoms with Crippen molar-refractivity contribution in [3.05, 3.63) is 21.9 Å². The number of Topliss-reactive ketones (excluding diaryl/α,β-unsaturated/α-hetero) is 1. The van der Waals surface area contributed by atoms with Crippen LogP contribution in [0.1, 0.15) is 27.9 Å². The molecule has 2 heterocycles. The van der Waals surface area contributed by atoms with Crippen LogP contribution in [0.15, 0.2) is 12.1 Å². The van der Waals surface area contributed by atoms with Gasteiger partial charge in [-0.1, -0.05) is 6.92 Å². The molecule has 0 atom stereocenters. The Hall–Kier alpha value is -0.710. The molecular formula is C14H22N2OS. The maximum atomic E-state index is 12.2. The highest BCUT2D eigenvalue weighted by molar-refractivity contribution is 7.14. The van der Waals surface area contributed by atoms with E-state index in [-0.39, 0.29) is 5.78 Å². The quantitative estimate of drug-likeness (QED) is 0.780. The second-order valence-corrected chi connectivity index (χ2v) is 6.14. The van der Waals surface area contributed by atoms with Gasteiger partial charge in [0.1, 0.15) is 0 Å². The van der Waals surface area contributed by atoms with Gasteiger partial charge in [-0.2, -0.15) is 0 Å². The van der Waals surface area contributed by atoms with Gasteiger partial charge in [0.15, 0.2) is 5.78 Å². The summed E-state index contributed by atoms with van der Waals surface area (Å²) < 4.78 is 0. The lowest BCUT2D eigenvalue weighted by Crippen LogP contribution is -2.33. The minimum Gasteiger partial charge on any atom is -0.305 e. The SMILES string of the molecule is CCc1ccc(C(=O)CN2CCCN(C)CC2)s1. The Kier molecular flexibility index (Phi) is 4.92. The van der Waals surface area contributed by atoms with Gasteiger partial charge in [0, 0.05) is 18.0 Å². The summed E-state index contributed by atoms with van der Waals surface area (Å²) >= 11 is 1.65. The monoisotopic (exact) mass is 266 g/mol. The number of carbonyl (C=O) groups excluding carboxylic acids is 1. The van der Waals surface area contributed by atoms with Crippen LogP contribution in [0.2, 0.25) is 0 Å². The minimum atomic E-state index is 0.282. The third-order valence-corrected chi connectivity index (χ3v) is 4.73. The molecule has 100 valence electrons. The Bertz CT molecular complexity index is 402. The molecule has 0 amide bonds. The first-order chi connectivity index (χ1) is 8.69. The van der Waals surface area contributed by atoms with Crippen molar-refractivity contribution >= 4 is 17.1 Å². The van der Waals surface area contributed by atoms with E-state index in [0.717, 1.165) is 43.9 Å². The van der Waals surface area contributed by atoms with E-state index >= 15 is 0 Å². The smallest absolute Gasteiger partial charge is 0.186 e.